The molecule has 5 aliphatic rings. The molecular formula is C61H77Cl2N13O6. The van der Waals surface area contributed by atoms with Gasteiger partial charge in [-0.15, -0.1) is 0 Å². The minimum Gasteiger partial charge on any atom is -0.412 e. The van der Waals surface area contributed by atoms with E-state index in [2.05, 4.69) is 76.6 Å². The zero-order chi connectivity index (χ0) is 57.3. The number of aliphatic hydroxyl groups is 1. The normalized spacial score (nSPS) is 22.8. The number of anilines is 2. The molecule has 4 amide bonds. The summed E-state index contributed by atoms with van der Waals surface area (Å²) in [7, 11) is 5.53. The number of hydrogen-bond acceptors (Lipinski definition) is 13. The minimum atomic E-state index is -0.249. The molecule has 1 aliphatic heterocycles. The maximum absolute atomic E-state index is 13.3. The summed E-state index contributed by atoms with van der Waals surface area (Å²) in [4.78, 5) is 71.7. The van der Waals surface area contributed by atoms with Gasteiger partial charge in [0.15, 0.2) is 0 Å². The zero-order valence-electron chi connectivity index (χ0n) is 47.1. The molecule has 4 aliphatic carbocycles. The molecule has 4 aromatic heterocycles. The second-order valence-electron chi connectivity index (χ2n) is 21.8. The number of imide groups is 1. The third-order valence-electron chi connectivity index (χ3n) is 16.3. The number of aliphatic hydroxyl groups excluding tert-OH is 1. The van der Waals surface area contributed by atoms with Crippen molar-refractivity contribution in [2.24, 2.45) is 37.4 Å². The quantitative estimate of drug-likeness (QED) is 0.0598. The maximum atomic E-state index is 13.3. The molecule has 19 nitrogen and oxygen atoms in total. The third-order valence-corrected chi connectivity index (χ3v) is 16.9. The molecule has 12 rings (SSSR count). The predicted molar refractivity (Wildman–Crippen MR) is 323 cm³/mol. The number of carbonyl (C=O) groups excluding carboxylic acids is 4. The second kappa shape index (κ2) is 27.8. The van der Waals surface area contributed by atoms with Gasteiger partial charge in [-0.1, -0.05) is 71.7 Å². The molecule has 21 heteroatoms. The van der Waals surface area contributed by atoms with Crippen LogP contribution in [-0.2, 0) is 23.7 Å². The fourth-order valence-corrected chi connectivity index (χ4v) is 12.8. The lowest BCUT2D eigenvalue weighted by molar-refractivity contribution is -0.126. The van der Waals surface area contributed by atoms with Crippen molar-refractivity contribution in [1.29, 1.82) is 0 Å². The molecule has 5 heterocycles. The average molecular weight is 1160 g/mol. The number of para-hydroxylation sites is 2. The molecule has 0 unspecified atom stereocenters. The van der Waals surface area contributed by atoms with Gasteiger partial charge < -0.3 is 52.5 Å². The molecular weight excluding hydrogens is 1080 g/mol. The largest absolute Gasteiger partial charge is 0.412 e. The number of aromatic nitrogens is 6. The summed E-state index contributed by atoms with van der Waals surface area (Å²) in [6.07, 6.45) is 19.4. The molecule has 7 aromatic rings. The number of nitrogens with zero attached hydrogens (tertiary/aromatic N) is 7. The number of carbonyl (C=O) groups is 4. The van der Waals surface area contributed by atoms with E-state index in [0.717, 1.165) is 109 Å². The van der Waals surface area contributed by atoms with E-state index in [9.17, 15) is 19.2 Å². The van der Waals surface area contributed by atoms with E-state index in [1.807, 2.05) is 44.6 Å². The second-order valence-corrected chi connectivity index (χ2v) is 22.6. The first-order valence-electron chi connectivity index (χ1n) is 28.5. The SMILES string of the molecule is CCO.CN.Cn1cc(-c2nc(N[C@@H]3CCC[C@H](NC(=O)[C@H]4CC[C@@H](N)C4)C3)ncc2Cl)c2ccccc21.Cn1cc(-c2nc(N[C@@H]3CCC[C@H](NC(=O)[C@H]4CC[C@@H](N5C(=O)c6ccccc6C5=O)C4)C3)ncc2Cl)c2ccccc21.O. The summed E-state index contributed by atoms with van der Waals surface area (Å²) in [6.45, 7) is 1.93. The van der Waals surface area contributed by atoms with Crippen molar-refractivity contribution in [2.45, 2.75) is 133 Å². The third kappa shape index (κ3) is 13.7. The van der Waals surface area contributed by atoms with E-state index in [0.29, 0.717) is 58.0 Å². The number of rotatable bonds is 11. The molecule has 436 valence electrons. The van der Waals surface area contributed by atoms with Gasteiger partial charge in [0.05, 0.1) is 45.0 Å². The van der Waals surface area contributed by atoms with Gasteiger partial charge in [0.1, 0.15) is 0 Å². The molecule has 4 saturated carbocycles. The number of fused-ring (bicyclic) bond motifs is 3. The van der Waals surface area contributed by atoms with Crippen LogP contribution in [0.1, 0.15) is 118 Å². The van der Waals surface area contributed by atoms with Crippen LogP contribution >= 0.6 is 23.2 Å². The van der Waals surface area contributed by atoms with Crippen LogP contribution in [0.3, 0.4) is 0 Å². The monoisotopic (exact) mass is 1160 g/mol. The summed E-state index contributed by atoms with van der Waals surface area (Å²) < 4.78 is 4.15. The summed E-state index contributed by atoms with van der Waals surface area (Å²) in [5.74, 6) is 0.605. The Morgan fingerprint density at radius 2 is 1.01 bits per heavy atom. The number of hydrogen-bond donors (Lipinski definition) is 7. The molecule has 11 N–H and O–H groups in total. The highest BCUT2D eigenvalue weighted by Crippen LogP contribution is 2.38. The number of nitrogens with two attached hydrogens (primary N) is 2. The van der Waals surface area contributed by atoms with Gasteiger partial charge in [0.25, 0.3) is 11.8 Å². The Morgan fingerprint density at radius 1 is 0.598 bits per heavy atom. The Bertz CT molecular complexity index is 3340. The highest BCUT2D eigenvalue weighted by molar-refractivity contribution is 6.33. The molecule has 4 fully saturated rings. The van der Waals surface area contributed by atoms with Crippen molar-refractivity contribution in [3.63, 3.8) is 0 Å². The first-order valence-corrected chi connectivity index (χ1v) is 29.2. The maximum Gasteiger partial charge on any atom is 0.261 e. The lowest BCUT2D eigenvalue weighted by Gasteiger charge is -2.31. The van der Waals surface area contributed by atoms with Crippen LogP contribution in [-0.4, -0.2) is 118 Å². The van der Waals surface area contributed by atoms with Gasteiger partial charge in [-0.2, -0.15) is 0 Å². The first-order chi connectivity index (χ1) is 39.3. The van der Waals surface area contributed by atoms with Crippen LogP contribution < -0.4 is 32.7 Å². The van der Waals surface area contributed by atoms with E-state index in [1.54, 1.807) is 43.6 Å². The lowest BCUT2D eigenvalue weighted by atomic mass is 9.90. The van der Waals surface area contributed by atoms with Crippen LogP contribution in [0.5, 0.6) is 0 Å². The smallest absolute Gasteiger partial charge is 0.261 e. The number of amides is 4. The predicted octanol–water partition coefficient (Wildman–Crippen LogP) is 8.60. The fraction of sp³-hybridized carbons (Fsp3) is 0.443. The van der Waals surface area contributed by atoms with Crippen LogP contribution in [0, 0.1) is 11.8 Å². The Morgan fingerprint density at radius 3 is 1.46 bits per heavy atom. The van der Waals surface area contributed by atoms with Crippen molar-refractivity contribution in [2.75, 3.05) is 24.3 Å². The van der Waals surface area contributed by atoms with E-state index in [4.69, 9.17) is 44.0 Å². The van der Waals surface area contributed by atoms with Gasteiger partial charge in [0.2, 0.25) is 23.7 Å². The van der Waals surface area contributed by atoms with Crippen LogP contribution in [0.4, 0.5) is 11.9 Å². The summed E-state index contributed by atoms with van der Waals surface area (Å²) in [5.41, 5.74) is 17.0. The van der Waals surface area contributed by atoms with E-state index >= 15 is 0 Å². The highest BCUT2D eigenvalue weighted by atomic mass is 35.5. The van der Waals surface area contributed by atoms with Gasteiger partial charge in [-0.3, -0.25) is 24.1 Å². The Balaban J connectivity index is 0.000000203. The molecule has 0 saturated heterocycles. The van der Waals surface area contributed by atoms with Crippen molar-refractivity contribution in [3.05, 3.63) is 119 Å². The van der Waals surface area contributed by atoms with Gasteiger partial charge in [-0.05, 0) is 128 Å². The Hall–Kier alpha value is -7.00. The Labute approximate surface area is 488 Å². The number of benzene rings is 3. The molecule has 3 aromatic carbocycles. The molecule has 0 radical (unpaired) electrons. The topological polar surface area (TPSA) is 285 Å². The standard InChI is InChI=1S/C33H33ClN6O3.C25H31ClN6O.C2H6O.CH5N.H2O/c1-39-18-26(23-9-4-5-12-28(23)39)29-27(34)17-35-33(38-29)37-21-8-6-7-20(16-21)36-30(41)19-13-14-22(15-19)40-31(42)24-10-2-3-11-25(24)32(40)43;1-32-14-20(19-7-2-3-8-22(19)32)23-21(26)13-28-25(31-23)30-18-6-4-5-17(12-18)29-24(33)15-9-10-16(27)11-15;1-2-3;1-2;/h2-5,9-12,17-22H,6-8,13-16H2,1H3,(H,36,41)(H,35,37,38);2-3,7-8,13-18H,4-6,9-12,27H2,1H3,(H,29,33)(H,28,30,31);3H,2H2,1H3;2H2,1H3;1H2/t19-,20-,21+,22+;15-,16+,17-,18+;;;/m00.../s1. The molecule has 0 spiro atoms. The Kier molecular flexibility index (Phi) is 20.7. The summed E-state index contributed by atoms with van der Waals surface area (Å²) >= 11 is 13.1. The van der Waals surface area contributed by atoms with Crippen LogP contribution in [0.25, 0.3) is 44.3 Å². The lowest BCUT2D eigenvalue weighted by Crippen LogP contribution is -2.44. The number of halogens is 2. The van der Waals surface area contributed by atoms with E-state index < -0.39 is 0 Å². The zero-order valence-corrected chi connectivity index (χ0v) is 48.6. The summed E-state index contributed by atoms with van der Waals surface area (Å²) in [5, 5.41) is 24.3. The number of nitrogens with one attached hydrogen (secondary N) is 4. The molecule has 0 bridgehead atoms. The first kappa shape index (κ1) is 61.1. The van der Waals surface area contributed by atoms with E-state index in [-0.39, 0.29) is 83.8 Å². The highest BCUT2D eigenvalue weighted by Gasteiger charge is 2.44. The van der Waals surface area contributed by atoms with Gasteiger partial charge in [0, 0.05) is 114 Å². The van der Waals surface area contributed by atoms with E-state index in [1.165, 1.54) is 11.9 Å². The summed E-state index contributed by atoms with van der Waals surface area (Å²) in [6, 6.07) is 23.7. The van der Waals surface area contributed by atoms with Gasteiger partial charge in [-0.25, -0.2) is 19.9 Å². The van der Waals surface area contributed by atoms with Crippen molar-refractivity contribution >= 4 is 80.5 Å². The van der Waals surface area contributed by atoms with Crippen molar-refractivity contribution < 1.29 is 29.8 Å². The van der Waals surface area contributed by atoms with Gasteiger partial charge >= 0.3 is 0 Å². The minimum absolute atomic E-state index is 0. The van der Waals surface area contributed by atoms with Crippen molar-refractivity contribution in [3.8, 4) is 22.5 Å². The van der Waals surface area contributed by atoms with Crippen LogP contribution in [0.15, 0.2) is 97.6 Å². The fourth-order valence-electron chi connectivity index (χ4n) is 12.4. The number of aryl methyl sites for hydroxylation is 2. The molecule has 82 heavy (non-hydrogen) atoms. The molecule has 8 atom stereocenters. The van der Waals surface area contributed by atoms with Crippen molar-refractivity contribution in [1.82, 2.24) is 44.6 Å². The average Bonchev–Trinajstić information content (AvgIpc) is 4.50. The van der Waals surface area contributed by atoms with Crippen LogP contribution in [0.2, 0.25) is 10.0 Å².